The minimum absolute atomic E-state index is 0.0450. The molecule has 0 aliphatic carbocycles. The van der Waals surface area contributed by atoms with Crippen LogP contribution in [0.4, 0.5) is 0 Å². The van der Waals surface area contributed by atoms with Crippen molar-refractivity contribution in [2.75, 3.05) is 13.1 Å². The number of carbonyl (C=O) groups excluding carboxylic acids is 2. The molecule has 116 valence electrons. The number of nitrogens with one attached hydrogen (secondary N) is 2. The van der Waals surface area contributed by atoms with E-state index in [2.05, 4.69) is 10.6 Å². The first kappa shape index (κ1) is 17.2. The van der Waals surface area contributed by atoms with E-state index in [1.54, 1.807) is 0 Å². The Morgan fingerprint density at radius 1 is 1.10 bits per heavy atom. The van der Waals surface area contributed by atoms with Crippen LogP contribution in [0.2, 0.25) is 0 Å². The first-order valence-electron chi connectivity index (χ1n) is 7.33. The van der Waals surface area contributed by atoms with Crippen molar-refractivity contribution in [3.63, 3.8) is 0 Å². The van der Waals surface area contributed by atoms with Gasteiger partial charge >= 0.3 is 0 Å². The lowest BCUT2D eigenvalue weighted by molar-refractivity contribution is -0.122. The largest absolute Gasteiger partial charge is 0.356 e. The van der Waals surface area contributed by atoms with Gasteiger partial charge in [0.25, 0.3) is 0 Å². The maximum Gasteiger partial charge on any atom is 0.221 e. The number of rotatable bonds is 8. The van der Waals surface area contributed by atoms with Crippen molar-refractivity contribution in [3.8, 4) is 0 Å². The van der Waals surface area contributed by atoms with Gasteiger partial charge in [0.15, 0.2) is 0 Å². The Hall–Kier alpha value is -1.88. The summed E-state index contributed by atoms with van der Waals surface area (Å²) in [5.74, 6) is 0.242. The van der Waals surface area contributed by atoms with Gasteiger partial charge in [-0.1, -0.05) is 44.2 Å². The summed E-state index contributed by atoms with van der Waals surface area (Å²) < 4.78 is 0. The molecule has 0 fully saturated rings. The highest BCUT2D eigenvalue weighted by molar-refractivity contribution is 5.79. The zero-order valence-electron chi connectivity index (χ0n) is 12.8. The molecule has 0 aliphatic heterocycles. The third-order valence-corrected chi connectivity index (χ3v) is 3.01. The van der Waals surface area contributed by atoms with E-state index < -0.39 is 0 Å². The fraction of sp³-hybridized carbons (Fsp3) is 0.500. The van der Waals surface area contributed by atoms with Crippen LogP contribution in [-0.2, 0) is 9.59 Å². The topological polar surface area (TPSA) is 84.2 Å². The molecule has 21 heavy (non-hydrogen) atoms. The van der Waals surface area contributed by atoms with Gasteiger partial charge in [0, 0.05) is 32.0 Å². The Bertz CT molecular complexity index is 446. The van der Waals surface area contributed by atoms with Gasteiger partial charge in [-0.15, -0.1) is 0 Å². The van der Waals surface area contributed by atoms with Gasteiger partial charge in [-0.2, -0.15) is 0 Å². The number of nitrogens with two attached hydrogens (primary N) is 1. The summed E-state index contributed by atoms with van der Waals surface area (Å²) >= 11 is 0. The van der Waals surface area contributed by atoms with Crippen LogP contribution in [-0.4, -0.2) is 24.9 Å². The summed E-state index contributed by atoms with van der Waals surface area (Å²) in [5, 5.41) is 5.53. The zero-order chi connectivity index (χ0) is 15.7. The molecule has 5 heteroatoms. The SMILES string of the molecule is CC(C)CNC(=O)CCNC(=O)CC(N)c1ccccc1. The first-order chi connectivity index (χ1) is 9.99. The third kappa shape index (κ3) is 7.46. The quantitative estimate of drug-likeness (QED) is 0.676. The highest BCUT2D eigenvalue weighted by Gasteiger charge is 2.11. The molecule has 0 aromatic heterocycles. The average Bonchev–Trinajstić information content (AvgIpc) is 2.46. The smallest absolute Gasteiger partial charge is 0.221 e. The second-order valence-electron chi connectivity index (χ2n) is 5.52. The Kier molecular flexibility index (Phi) is 7.46. The Balaban J connectivity index is 2.21. The second kappa shape index (κ2) is 9.13. The van der Waals surface area contributed by atoms with E-state index in [4.69, 9.17) is 5.73 Å². The van der Waals surface area contributed by atoms with E-state index in [1.165, 1.54) is 0 Å². The van der Waals surface area contributed by atoms with Gasteiger partial charge in [0.05, 0.1) is 0 Å². The van der Waals surface area contributed by atoms with Crippen molar-refractivity contribution in [3.05, 3.63) is 35.9 Å². The van der Waals surface area contributed by atoms with Crippen molar-refractivity contribution in [2.45, 2.75) is 32.7 Å². The molecule has 2 amide bonds. The summed E-state index contributed by atoms with van der Waals surface area (Å²) in [7, 11) is 0. The van der Waals surface area contributed by atoms with Crippen LogP contribution in [0.1, 0.15) is 38.3 Å². The number of hydrogen-bond acceptors (Lipinski definition) is 3. The average molecular weight is 291 g/mol. The van der Waals surface area contributed by atoms with E-state index in [0.717, 1.165) is 5.56 Å². The van der Waals surface area contributed by atoms with Crippen LogP contribution < -0.4 is 16.4 Å². The summed E-state index contributed by atoms with van der Waals surface area (Å²) in [6.07, 6.45) is 0.511. The van der Waals surface area contributed by atoms with Crippen molar-refractivity contribution in [1.82, 2.24) is 10.6 Å². The van der Waals surface area contributed by atoms with Gasteiger partial charge < -0.3 is 16.4 Å². The molecule has 1 aromatic rings. The molecule has 1 unspecified atom stereocenters. The lowest BCUT2D eigenvalue weighted by Gasteiger charge is -2.12. The molecular formula is C16H25N3O2. The van der Waals surface area contributed by atoms with Crippen LogP contribution >= 0.6 is 0 Å². The van der Waals surface area contributed by atoms with Crippen molar-refractivity contribution in [1.29, 1.82) is 0 Å². The molecule has 1 rings (SSSR count). The molecule has 5 nitrogen and oxygen atoms in total. The molecule has 1 atom stereocenters. The molecule has 0 aliphatic rings. The highest BCUT2D eigenvalue weighted by Crippen LogP contribution is 2.12. The Morgan fingerprint density at radius 3 is 2.38 bits per heavy atom. The molecular weight excluding hydrogens is 266 g/mol. The van der Waals surface area contributed by atoms with E-state index >= 15 is 0 Å². The molecule has 0 saturated carbocycles. The van der Waals surface area contributed by atoms with Crippen molar-refractivity contribution < 1.29 is 9.59 Å². The molecule has 0 radical (unpaired) electrons. The number of benzene rings is 1. The monoisotopic (exact) mass is 291 g/mol. The maximum absolute atomic E-state index is 11.8. The molecule has 0 saturated heterocycles. The van der Waals surface area contributed by atoms with Crippen LogP contribution in [0, 0.1) is 5.92 Å². The maximum atomic E-state index is 11.8. The summed E-state index contributed by atoms with van der Waals surface area (Å²) in [6.45, 7) is 5.07. The lowest BCUT2D eigenvalue weighted by Crippen LogP contribution is -2.33. The summed E-state index contributed by atoms with van der Waals surface area (Å²) in [4.78, 5) is 23.2. The number of carbonyl (C=O) groups is 2. The third-order valence-electron chi connectivity index (χ3n) is 3.01. The zero-order valence-corrected chi connectivity index (χ0v) is 12.8. The van der Waals surface area contributed by atoms with Crippen molar-refractivity contribution >= 4 is 11.8 Å². The minimum atomic E-state index is -0.319. The van der Waals surface area contributed by atoms with Crippen molar-refractivity contribution in [2.24, 2.45) is 11.7 Å². The Labute approximate surface area is 126 Å². The lowest BCUT2D eigenvalue weighted by atomic mass is 10.0. The summed E-state index contributed by atoms with van der Waals surface area (Å²) in [5.41, 5.74) is 6.90. The van der Waals surface area contributed by atoms with Gasteiger partial charge in [0.1, 0.15) is 0 Å². The number of amides is 2. The van der Waals surface area contributed by atoms with Crippen LogP contribution in [0.3, 0.4) is 0 Å². The fourth-order valence-electron chi connectivity index (χ4n) is 1.81. The minimum Gasteiger partial charge on any atom is -0.356 e. The predicted octanol–water partition coefficient (Wildman–Crippen LogP) is 1.36. The van der Waals surface area contributed by atoms with E-state index in [9.17, 15) is 9.59 Å². The van der Waals surface area contributed by atoms with Gasteiger partial charge in [0.2, 0.25) is 11.8 Å². The molecule has 4 N–H and O–H groups in total. The van der Waals surface area contributed by atoms with Gasteiger partial charge in [-0.05, 0) is 11.5 Å². The molecule has 0 heterocycles. The van der Waals surface area contributed by atoms with Crippen LogP contribution in [0.25, 0.3) is 0 Å². The standard InChI is InChI=1S/C16H25N3O2/c1-12(2)11-19-15(20)8-9-18-16(21)10-14(17)13-6-4-3-5-7-13/h3-7,12,14H,8-11,17H2,1-2H3,(H,18,21)(H,19,20). The van der Waals surface area contributed by atoms with Crippen LogP contribution in [0.5, 0.6) is 0 Å². The first-order valence-corrected chi connectivity index (χ1v) is 7.33. The molecule has 0 spiro atoms. The highest BCUT2D eigenvalue weighted by atomic mass is 16.2. The van der Waals surface area contributed by atoms with E-state index in [1.807, 2.05) is 44.2 Å². The van der Waals surface area contributed by atoms with Crippen LogP contribution in [0.15, 0.2) is 30.3 Å². The molecule has 1 aromatic carbocycles. The Morgan fingerprint density at radius 2 is 1.76 bits per heavy atom. The van der Waals surface area contributed by atoms with E-state index in [-0.39, 0.29) is 24.3 Å². The van der Waals surface area contributed by atoms with Gasteiger partial charge in [-0.25, -0.2) is 0 Å². The molecule has 0 bridgehead atoms. The predicted molar refractivity (Wildman–Crippen MR) is 83.5 cm³/mol. The number of hydrogen-bond donors (Lipinski definition) is 3. The fourth-order valence-corrected chi connectivity index (χ4v) is 1.81. The van der Waals surface area contributed by atoms with Gasteiger partial charge in [-0.3, -0.25) is 9.59 Å². The summed E-state index contributed by atoms with van der Waals surface area (Å²) in [6, 6.07) is 9.18. The van der Waals surface area contributed by atoms with E-state index in [0.29, 0.717) is 25.4 Å². The normalized spacial score (nSPS) is 12.0. The second-order valence-corrected chi connectivity index (χ2v) is 5.52.